The van der Waals surface area contributed by atoms with Crippen molar-refractivity contribution < 1.29 is 0 Å². The summed E-state index contributed by atoms with van der Waals surface area (Å²) in [6.07, 6.45) is 0. The topological polar surface area (TPSA) is 62.4 Å². The van der Waals surface area contributed by atoms with Crippen LogP contribution in [0.5, 0.6) is 0 Å². The van der Waals surface area contributed by atoms with Crippen molar-refractivity contribution in [2.24, 2.45) is 10.8 Å². The van der Waals surface area contributed by atoms with E-state index in [-0.39, 0.29) is 0 Å². The van der Waals surface area contributed by atoms with E-state index >= 15 is 0 Å². The van der Waals surface area contributed by atoms with Crippen LogP contribution in [-0.2, 0) is 0 Å². The molecule has 1 aromatic carbocycles. The molecule has 0 heterocycles. The summed E-state index contributed by atoms with van der Waals surface area (Å²) in [6.45, 7) is 2.56. The van der Waals surface area contributed by atoms with Crippen LogP contribution in [0.4, 0.5) is 5.69 Å². The van der Waals surface area contributed by atoms with Crippen molar-refractivity contribution in [1.82, 2.24) is 5.43 Å². The van der Waals surface area contributed by atoms with Crippen LogP contribution in [0, 0.1) is 0 Å². The molecule has 0 aliphatic rings. The van der Waals surface area contributed by atoms with E-state index in [9.17, 15) is 0 Å². The van der Waals surface area contributed by atoms with Crippen molar-refractivity contribution in [1.29, 1.82) is 0 Å². The molecule has 0 saturated carbocycles. The quantitative estimate of drug-likeness (QED) is 0.339. The number of anilines is 1. The zero-order valence-corrected chi connectivity index (χ0v) is 10.6. The molecule has 0 aromatic heterocycles. The van der Waals surface area contributed by atoms with E-state index in [4.69, 9.17) is 17.4 Å². The van der Waals surface area contributed by atoms with Gasteiger partial charge in [-0.25, -0.2) is 5.84 Å². The summed E-state index contributed by atoms with van der Waals surface area (Å²) in [4.78, 5) is 4.10. The number of nitrogens with zero attached hydrogens (tertiary/aromatic N) is 1. The predicted molar refractivity (Wildman–Crippen MR) is 68.1 cm³/mol. The summed E-state index contributed by atoms with van der Waals surface area (Å²) in [5.41, 5.74) is 3.22. The van der Waals surface area contributed by atoms with E-state index in [1.54, 1.807) is 6.07 Å². The molecule has 0 saturated heterocycles. The normalized spacial score (nSPS) is 11.3. The van der Waals surface area contributed by atoms with Crippen molar-refractivity contribution in [2.45, 2.75) is 6.92 Å². The fourth-order valence-corrected chi connectivity index (χ4v) is 1.72. The van der Waals surface area contributed by atoms with Crippen LogP contribution >= 0.6 is 27.5 Å². The van der Waals surface area contributed by atoms with Crippen LogP contribution in [0.15, 0.2) is 27.7 Å². The number of benzene rings is 1. The highest BCUT2D eigenvalue weighted by molar-refractivity contribution is 9.10. The summed E-state index contributed by atoms with van der Waals surface area (Å²) in [6, 6.07) is 5.52. The molecule has 0 radical (unpaired) electrons. The van der Waals surface area contributed by atoms with Gasteiger partial charge >= 0.3 is 0 Å². The summed E-state index contributed by atoms with van der Waals surface area (Å²) in [5, 5.41) is 3.59. The molecule has 0 spiro atoms. The van der Waals surface area contributed by atoms with Gasteiger partial charge in [0.05, 0.1) is 10.7 Å². The molecule has 0 bridgehead atoms. The molecule has 0 aliphatic heterocycles. The average molecular weight is 292 g/mol. The number of aliphatic imine (C=N–C) groups is 1. The van der Waals surface area contributed by atoms with Crippen LogP contribution in [-0.4, -0.2) is 12.5 Å². The molecule has 0 unspecified atom stereocenters. The highest BCUT2D eigenvalue weighted by atomic mass is 79.9. The van der Waals surface area contributed by atoms with Gasteiger partial charge in [-0.3, -0.25) is 10.4 Å². The predicted octanol–water partition coefficient (Wildman–Crippen LogP) is 2.35. The molecule has 6 heteroatoms. The lowest BCUT2D eigenvalue weighted by Crippen LogP contribution is -2.36. The van der Waals surface area contributed by atoms with Gasteiger partial charge < -0.3 is 5.32 Å². The molecule has 4 N–H and O–H groups in total. The maximum atomic E-state index is 6.01. The first kappa shape index (κ1) is 12.3. The maximum Gasteiger partial charge on any atom is 0.210 e. The Bertz CT molecular complexity index is 367. The Hall–Kier alpha value is -0.780. The van der Waals surface area contributed by atoms with E-state index in [1.807, 2.05) is 19.1 Å². The molecule has 4 nitrogen and oxygen atoms in total. The smallest absolute Gasteiger partial charge is 0.210 e. The van der Waals surface area contributed by atoms with Gasteiger partial charge in [0.2, 0.25) is 5.96 Å². The average Bonchev–Trinajstić information content (AvgIpc) is 2.21. The Morgan fingerprint density at radius 2 is 2.33 bits per heavy atom. The van der Waals surface area contributed by atoms with Gasteiger partial charge in [0.25, 0.3) is 0 Å². The van der Waals surface area contributed by atoms with Crippen molar-refractivity contribution in [3.05, 3.63) is 27.7 Å². The summed E-state index contributed by atoms with van der Waals surface area (Å²) < 4.78 is 0.924. The van der Waals surface area contributed by atoms with E-state index in [0.717, 1.165) is 10.2 Å². The van der Waals surface area contributed by atoms with Gasteiger partial charge in [0.1, 0.15) is 0 Å². The first-order valence-corrected chi connectivity index (χ1v) is 5.57. The molecular formula is C9H12BrClN4. The third-order valence-electron chi connectivity index (χ3n) is 1.64. The van der Waals surface area contributed by atoms with Crippen molar-refractivity contribution in [3.63, 3.8) is 0 Å². The van der Waals surface area contributed by atoms with Crippen molar-refractivity contribution >= 4 is 39.2 Å². The summed E-state index contributed by atoms with van der Waals surface area (Å²) >= 11 is 9.34. The second-order valence-corrected chi connectivity index (χ2v) is 4.04. The zero-order valence-electron chi connectivity index (χ0n) is 8.22. The number of nitrogens with one attached hydrogen (secondary N) is 2. The second-order valence-electron chi connectivity index (χ2n) is 2.72. The van der Waals surface area contributed by atoms with E-state index in [0.29, 0.717) is 17.5 Å². The molecular weight excluding hydrogens is 279 g/mol. The number of hydrogen-bond donors (Lipinski definition) is 3. The number of nitrogens with two attached hydrogens (primary N) is 1. The Balaban J connectivity index is 2.84. The number of hydrazine groups is 1. The lowest BCUT2D eigenvalue weighted by atomic mass is 10.3. The fraction of sp³-hybridized carbons (Fsp3) is 0.222. The highest BCUT2D eigenvalue weighted by Gasteiger charge is 2.02. The third kappa shape index (κ3) is 3.70. The molecule has 1 rings (SSSR count). The largest absolute Gasteiger partial charge is 0.324 e. The van der Waals surface area contributed by atoms with E-state index in [2.05, 4.69) is 31.7 Å². The Kier molecular flexibility index (Phi) is 4.87. The molecule has 1 aromatic rings. The van der Waals surface area contributed by atoms with Gasteiger partial charge in [0.15, 0.2) is 0 Å². The first-order valence-electron chi connectivity index (χ1n) is 4.40. The summed E-state index contributed by atoms with van der Waals surface area (Å²) in [7, 11) is 0. The lowest BCUT2D eigenvalue weighted by molar-refractivity contribution is 0.986. The van der Waals surface area contributed by atoms with Gasteiger partial charge in [-0.15, -0.1) is 0 Å². The number of guanidine groups is 1. The van der Waals surface area contributed by atoms with Crippen LogP contribution < -0.4 is 16.6 Å². The lowest BCUT2D eigenvalue weighted by Gasteiger charge is -2.10. The molecule has 0 fully saturated rings. The van der Waals surface area contributed by atoms with Gasteiger partial charge in [-0.05, 0) is 25.1 Å². The Morgan fingerprint density at radius 1 is 1.60 bits per heavy atom. The second kappa shape index (κ2) is 5.95. The maximum absolute atomic E-state index is 6.01. The van der Waals surface area contributed by atoms with Gasteiger partial charge in [-0.1, -0.05) is 27.5 Å². The minimum Gasteiger partial charge on any atom is -0.324 e. The monoisotopic (exact) mass is 290 g/mol. The molecule has 0 atom stereocenters. The number of rotatable bonds is 2. The Labute approximate surface area is 102 Å². The third-order valence-corrected chi connectivity index (χ3v) is 2.44. The molecule has 82 valence electrons. The number of halogens is 2. The highest BCUT2D eigenvalue weighted by Crippen LogP contribution is 2.25. The van der Waals surface area contributed by atoms with E-state index in [1.165, 1.54) is 0 Å². The minimum absolute atomic E-state index is 0.488. The van der Waals surface area contributed by atoms with Crippen molar-refractivity contribution in [2.75, 3.05) is 11.9 Å². The van der Waals surface area contributed by atoms with Crippen LogP contribution in [0.3, 0.4) is 0 Å². The van der Waals surface area contributed by atoms with Crippen molar-refractivity contribution in [3.8, 4) is 0 Å². The first-order chi connectivity index (χ1) is 7.17. The van der Waals surface area contributed by atoms with E-state index < -0.39 is 0 Å². The summed E-state index contributed by atoms with van der Waals surface area (Å²) in [5.74, 6) is 5.78. The minimum atomic E-state index is 0.488. The van der Waals surface area contributed by atoms with Crippen LogP contribution in [0.1, 0.15) is 6.92 Å². The molecule has 0 amide bonds. The Morgan fingerprint density at radius 3 is 2.87 bits per heavy atom. The number of hydrogen-bond acceptors (Lipinski definition) is 2. The van der Waals surface area contributed by atoms with Gasteiger partial charge in [-0.2, -0.15) is 0 Å². The standard InChI is InChI=1S/C9H12BrClN4/c1-2-13-9(15-12)14-8-4-3-6(10)5-7(8)11/h3-5H,2,12H2,1H3,(H2,13,14,15). The fourth-order valence-electron chi connectivity index (χ4n) is 0.998. The SMILES string of the molecule is CCN=C(NN)Nc1ccc(Br)cc1Cl. The van der Waals surface area contributed by atoms with Gasteiger partial charge in [0, 0.05) is 11.0 Å². The van der Waals surface area contributed by atoms with Crippen LogP contribution in [0.25, 0.3) is 0 Å². The van der Waals surface area contributed by atoms with Crippen LogP contribution in [0.2, 0.25) is 5.02 Å². The zero-order chi connectivity index (χ0) is 11.3. The molecule has 0 aliphatic carbocycles. The molecule has 15 heavy (non-hydrogen) atoms.